The van der Waals surface area contributed by atoms with Crippen molar-refractivity contribution in [3.8, 4) is 0 Å². The predicted octanol–water partition coefficient (Wildman–Crippen LogP) is 5.91. The first-order valence-electron chi connectivity index (χ1n) is 9.72. The van der Waals surface area contributed by atoms with E-state index in [0.717, 1.165) is 45.8 Å². The second-order valence-corrected chi connectivity index (χ2v) is 8.04. The number of nitrogens with one attached hydrogen (secondary N) is 1. The predicted molar refractivity (Wildman–Crippen MR) is 123 cm³/mol. The first-order valence-corrected chi connectivity index (χ1v) is 10.5. The number of carbonyl (C=O) groups is 1. The molecule has 0 saturated heterocycles. The third-order valence-electron chi connectivity index (χ3n) is 5.20. The van der Waals surface area contributed by atoms with Gasteiger partial charge in [0.2, 0.25) is 0 Å². The van der Waals surface area contributed by atoms with E-state index in [1.165, 1.54) is 10.9 Å². The molecule has 0 spiro atoms. The van der Waals surface area contributed by atoms with Crippen LogP contribution in [0.4, 0.5) is 0 Å². The zero-order chi connectivity index (χ0) is 20.7. The average Bonchev–Trinajstić information content (AvgIpc) is 3.31. The zero-order valence-corrected chi connectivity index (χ0v) is 17.1. The number of aromatic nitrogens is 3. The Morgan fingerprint density at radius 2 is 1.83 bits per heavy atom. The van der Waals surface area contributed by atoms with Gasteiger partial charge in [-0.1, -0.05) is 36.4 Å². The Bertz CT molecular complexity index is 1410. The molecule has 148 valence electrons. The number of benzene rings is 3. The highest BCUT2D eigenvalue weighted by Crippen LogP contribution is 2.32. The summed E-state index contributed by atoms with van der Waals surface area (Å²) < 4.78 is 2.28. The summed E-state index contributed by atoms with van der Waals surface area (Å²) >= 11 is 1.13. The van der Waals surface area contributed by atoms with Gasteiger partial charge < -0.3 is 14.7 Å². The highest BCUT2D eigenvalue weighted by atomic mass is 32.2. The molecular weight excluding hydrogens is 394 g/mol. The van der Waals surface area contributed by atoms with E-state index in [1.54, 1.807) is 6.08 Å². The van der Waals surface area contributed by atoms with E-state index in [9.17, 15) is 9.90 Å². The first-order chi connectivity index (χ1) is 14.6. The number of thioether (sulfide) groups is 1. The minimum atomic E-state index is -0.975. The summed E-state index contributed by atoms with van der Waals surface area (Å²) in [6.07, 6.45) is 1.71. The van der Waals surface area contributed by atoms with Crippen LogP contribution in [0.15, 0.2) is 76.8 Å². The Morgan fingerprint density at radius 1 is 1.07 bits per heavy atom. The van der Waals surface area contributed by atoms with Crippen LogP contribution in [0.3, 0.4) is 0 Å². The zero-order valence-electron chi connectivity index (χ0n) is 16.3. The van der Waals surface area contributed by atoms with Gasteiger partial charge >= 0.3 is 5.97 Å². The Morgan fingerprint density at radius 3 is 2.63 bits per heavy atom. The minimum Gasteiger partial charge on any atom is -0.477 e. The molecule has 30 heavy (non-hydrogen) atoms. The van der Waals surface area contributed by atoms with Crippen molar-refractivity contribution in [2.45, 2.75) is 18.6 Å². The van der Waals surface area contributed by atoms with E-state index >= 15 is 0 Å². The number of aryl methyl sites for hydroxylation is 1. The molecule has 0 aliphatic carbocycles. The topological polar surface area (TPSA) is 70.9 Å². The molecule has 0 fully saturated rings. The summed E-state index contributed by atoms with van der Waals surface area (Å²) in [4.78, 5) is 19.8. The average molecular weight is 414 g/mol. The summed E-state index contributed by atoms with van der Waals surface area (Å²) in [5.41, 5.74) is 4.89. The molecule has 2 heterocycles. The van der Waals surface area contributed by atoms with Crippen LogP contribution in [0.5, 0.6) is 0 Å². The number of carboxylic acids is 1. The number of para-hydroxylation sites is 3. The van der Waals surface area contributed by atoms with Gasteiger partial charge in [0.1, 0.15) is 4.91 Å². The number of fused-ring (bicyclic) bond motifs is 4. The van der Waals surface area contributed by atoms with Crippen LogP contribution >= 0.6 is 11.8 Å². The van der Waals surface area contributed by atoms with Gasteiger partial charge in [0, 0.05) is 28.4 Å². The van der Waals surface area contributed by atoms with E-state index in [1.807, 2.05) is 42.5 Å². The molecule has 0 radical (unpaired) electrons. The number of aliphatic carboxylic acids is 1. The van der Waals surface area contributed by atoms with Crippen molar-refractivity contribution >= 4 is 56.6 Å². The second-order valence-electron chi connectivity index (χ2n) is 7.01. The molecule has 0 bridgehead atoms. The van der Waals surface area contributed by atoms with E-state index in [0.29, 0.717) is 5.16 Å². The SMILES string of the molecule is CCn1c2ccccc2c2cc(/C=C(\Sc3nc4ccccc4[nH]3)C(=O)O)ccc21. The fraction of sp³-hybridized carbons (Fsp3) is 0.0833. The van der Waals surface area contributed by atoms with Crippen molar-refractivity contribution in [1.29, 1.82) is 0 Å². The summed E-state index contributed by atoms with van der Waals surface area (Å²) in [7, 11) is 0. The number of nitrogens with zero attached hydrogens (tertiary/aromatic N) is 2. The molecule has 6 heteroatoms. The normalized spacial score (nSPS) is 12.2. The smallest absolute Gasteiger partial charge is 0.342 e. The molecule has 3 aromatic carbocycles. The number of aromatic amines is 1. The summed E-state index contributed by atoms with van der Waals surface area (Å²) in [5, 5.41) is 12.6. The van der Waals surface area contributed by atoms with Crippen molar-refractivity contribution in [2.24, 2.45) is 0 Å². The van der Waals surface area contributed by atoms with Crippen molar-refractivity contribution < 1.29 is 9.90 Å². The molecule has 5 nitrogen and oxygen atoms in total. The van der Waals surface area contributed by atoms with Crippen molar-refractivity contribution in [1.82, 2.24) is 14.5 Å². The Hall–Kier alpha value is -3.51. The number of imidazole rings is 1. The van der Waals surface area contributed by atoms with Gasteiger partial charge in [-0.25, -0.2) is 9.78 Å². The van der Waals surface area contributed by atoms with E-state index < -0.39 is 5.97 Å². The Labute approximate surface area is 177 Å². The number of carboxylic acid groups (broad SMARTS) is 1. The number of hydrogen-bond acceptors (Lipinski definition) is 3. The molecular formula is C24H19N3O2S. The van der Waals surface area contributed by atoms with Crippen LogP contribution in [-0.4, -0.2) is 25.6 Å². The van der Waals surface area contributed by atoms with Crippen LogP contribution in [0.2, 0.25) is 0 Å². The second kappa shape index (κ2) is 7.39. The molecule has 0 unspecified atom stereocenters. The molecule has 5 rings (SSSR count). The van der Waals surface area contributed by atoms with Gasteiger partial charge in [-0.3, -0.25) is 0 Å². The van der Waals surface area contributed by atoms with Crippen LogP contribution in [-0.2, 0) is 11.3 Å². The first kappa shape index (κ1) is 18.5. The molecule has 0 aliphatic rings. The lowest BCUT2D eigenvalue weighted by atomic mass is 10.1. The molecule has 0 aliphatic heterocycles. The lowest BCUT2D eigenvalue weighted by Gasteiger charge is -2.04. The molecule has 5 aromatic rings. The van der Waals surface area contributed by atoms with Gasteiger partial charge in [-0.15, -0.1) is 0 Å². The van der Waals surface area contributed by atoms with E-state index in [2.05, 4.69) is 45.7 Å². The minimum absolute atomic E-state index is 0.215. The third kappa shape index (κ3) is 3.15. The number of H-pyrrole nitrogens is 1. The molecule has 0 saturated carbocycles. The molecule has 0 atom stereocenters. The van der Waals surface area contributed by atoms with Gasteiger partial charge in [-0.05, 0) is 60.7 Å². The highest BCUT2D eigenvalue weighted by Gasteiger charge is 2.14. The van der Waals surface area contributed by atoms with Crippen LogP contribution in [0, 0.1) is 0 Å². The summed E-state index contributed by atoms with van der Waals surface area (Å²) in [5.74, 6) is -0.975. The lowest BCUT2D eigenvalue weighted by Crippen LogP contribution is -1.97. The summed E-state index contributed by atoms with van der Waals surface area (Å²) in [6, 6.07) is 22.1. The van der Waals surface area contributed by atoms with Gasteiger partial charge in [0.25, 0.3) is 0 Å². The van der Waals surface area contributed by atoms with Crippen LogP contribution in [0.1, 0.15) is 12.5 Å². The van der Waals surface area contributed by atoms with Gasteiger partial charge in [0.05, 0.1) is 11.0 Å². The van der Waals surface area contributed by atoms with E-state index in [-0.39, 0.29) is 4.91 Å². The third-order valence-corrected chi connectivity index (χ3v) is 6.09. The molecule has 2 aromatic heterocycles. The monoisotopic (exact) mass is 413 g/mol. The molecule has 0 amide bonds. The number of rotatable bonds is 5. The lowest BCUT2D eigenvalue weighted by molar-refractivity contribution is -0.131. The quantitative estimate of drug-likeness (QED) is 0.278. The summed E-state index contributed by atoms with van der Waals surface area (Å²) in [6.45, 7) is 3.01. The van der Waals surface area contributed by atoms with Crippen LogP contribution < -0.4 is 0 Å². The number of hydrogen-bond donors (Lipinski definition) is 2. The van der Waals surface area contributed by atoms with Gasteiger partial charge in [-0.2, -0.15) is 0 Å². The van der Waals surface area contributed by atoms with Crippen LogP contribution in [0.25, 0.3) is 38.9 Å². The van der Waals surface area contributed by atoms with Gasteiger partial charge in [0.15, 0.2) is 5.16 Å². The standard InChI is InChI=1S/C24H19N3O2S/c1-2-27-20-10-6-3-7-16(20)17-13-15(11-12-21(17)27)14-22(23(28)29)30-24-25-18-8-4-5-9-19(18)26-24/h3-14H,2H2,1H3,(H,25,26)(H,28,29)/b22-14-. The highest BCUT2D eigenvalue weighted by molar-refractivity contribution is 8.04. The molecule has 2 N–H and O–H groups in total. The maximum atomic E-state index is 11.9. The van der Waals surface area contributed by atoms with Crippen molar-refractivity contribution in [2.75, 3.05) is 0 Å². The Balaban J connectivity index is 1.58. The Kier molecular flexibility index (Phi) is 4.56. The van der Waals surface area contributed by atoms with Crippen molar-refractivity contribution in [3.05, 3.63) is 77.2 Å². The fourth-order valence-corrected chi connectivity index (χ4v) is 4.67. The maximum Gasteiger partial charge on any atom is 0.342 e. The largest absolute Gasteiger partial charge is 0.477 e. The maximum absolute atomic E-state index is 11.9. The van der Waals surface area contributed by atoms with E-state index in [4.69, 9.17) is 0 Å². The fourth-order valence-electron chi connectivity index (χ4n) is 3.87. The van der Waals surface area contributed by atoms with Crippen molar-refractivity contribution in [3.63, 3.8) is 0 Å².